The lowest BCUT2D eigenvalue weighted by Gasteiger charge is -2.41. The first kappa shape index (κ1) is 60.8. The van der Waals surface area contributed by atoms with Crippen molar-refractivity contribution in [2.75, 3.05) is 26.0 Å². The summed E-state index contributed by atoms with van der Waals surface area (Å²) >= 11 is 0. The fraction of sp³-hybridized carbons (Fsp3) is 0.389. The third-order valence-corrected chi connectivity index (χ3v) is 22.0. The topological polar surface area (TPSA) is 203 Å². The number of pyridine rings is 3. The van der Waals surface area contributed by atoms with Crippen molar-refractivity contribution in [3.8, 4) is 51.6 Å². The van der Waals surface area contributed by atoms with E-state index in [2.05, 4.69) is 98.2 Å². The second kappa shape index (κ2) is 26.5. The van der Waals surface area contributed by atoms with Crippen molar-refractivity contribution in [1.29, 1.82) is 15.8 Å². The van der Waals surface area contributed by atoms with Crippen molar-refractivity contribution in [1.82, 2.24) is 24.6 Å². The predicted molar refractivity (Wildman–Crippen MR) is 336 cm³/mol. The minimum absolute atomic E-state index is 0.0239. The molecule has 3 saturated heterocycles. The smallest absolute Gasteiger partial charge is 0.309 e. The van der Waals surface area contributed by atoms with E-state index in [-0.39, 0.29) is 59.2 Å². The summed E-state index contributed by atoms with van der Waals surface area (Å²) in [6, 6.07) is 41.2. The van der Waals surface area contributed by atoms with Crippen LogP contribution in [0.1, 0.15) is 94.6 Å². The number of aromatic nitrogens is 3. The Morgan fingerprint density at radius 1 is 0.547 bits per heavy atom. The molecule has 0 bridgehead atoms. The lowest BCUT2D eigenvalue weighted by molar-refractivity contribution is -0.143. The molecule has 12 rings (SSSR count). The molecule has 6 aliphatic rings. The number of nitriles is 3. The fourth-order valence-corrected chi connectivity index (χ4v) is 16.3. The molecular weight excluding hydrogens is 1090 g/mol. The molecule has 3 saturated carbocycles. The molecule has 6 fully saturated rings. The van der Waals surface area contributed by atoms with Crippen molar-refractivity contribution in [3.05, 3.63) is 180 Å². The summed E-state index contributed by atoms with van der Waals surface area (Å²) in [5.41, 5.74) is 9.91. The van der Waals surface area contributed by atoms with Crippen molar-refractivity contribution in [2.45, 2.75) is 66.8 Å². The monoisotopic (exact) mass is 1160 g/mol. The number of fused-ring (bicyclic) bond motifs is 3. The Hall–Kier alpha value is -8.35. The van der Waals surface area contributed by atoms with Crippen LogP contribution in [0.25, 0.3) is 51.6 Å². The molecule has 6 aromatic rings. The number of amides is 1. The lowest BCUT2D eigenvalue weighted by Crippen LogP contribution is -2.43. The highest BCUT2D eigenvalue weighted by Gasteiger charge is 2.52. The predicted octanol–water partition coefficient (Wildman–Crippen LogP) is 13.2. The number of benzene rings is 3. The summed E-state index contributed by atoms with van der Waals surface area (Å²) in [5.74, 6) is 5.00. The van der Waals surface area contributed by atoms with Crippen LogP contribution in [0.5, 0.6) is 0 Å². The van der Waals surface area contributed by atoms with Crippen LogP contribution < -0.4 is 5.32 Å². The van der Waals surface area contributed by atoms with Gasteiger partial charge in [0.1, 0.15) is 0 Å². The van der Waals surface area contributed by atoms with E-state index in [1.165, 1.54) is 0 Å². The minimum Gasteiger partial charge on any atom is -0.465 e. The molecule has 3 aliphatic heterocycles. The Kier molecular flexibility index (Phi) is 18.7. The summed E-state index contributed by atoms with van der Waals surface area (Å²) in [7, 11) is -1.43. The van der Waals surface area contributed by atoms with Crippen molar-refractivity contribution >= 4 is 40.1 Å². The van der Waals surface area contributed by atoms with Gasteiger partial charge in [0.15, 0.2) is 0 Å². The number of ether oxygens (including phenoxy) is 1. The molecule has 86 heavy (non-hydrogen) atoms. The Morgan fingerprint density at radius 2 is 0.953 bits per heavy atom. The first-order chi connectivity index (χ1) is 41.5. The van der Waals surface area contributed by atoms with Crippen molar-refractivity contribution in [2.24, 2.45) is 82.9 Å². The van der Waals surface area contributed by atoms with Crippen LogP contribution in [-0.2, 0) is 24.3 Å². The first-order valence-electron chi connectivity index (χ1n) is 30.3. The number of rotatable bonds is 9. The molecule has 0 radical (unpaired) electrons. The van der Waals surface area contributed by atoms with E-state index in [1.807, 2.05) is 128 Å². The van der Waals surface area contributed by atoms with E-state index in [9.17, 15) is 33.8 Å². The van der Waals surface area contributed by atoms with E-state index in [0.717, 1.165) is 76.3 Å². The number of hydrogen-bond acceptors (Lipinski definition) is 11. The molecule has 0 unspecified atom stereocenters. The van der Waals surface area contributed by atoms with E-state index in [4.69, 9.17) is 4.74 Å². The lowest BCUT2D eigenvalue weighted by atomic mass is 9.64. The molecular formula is C72H76N8O5S. The van der Waals surface area contributed by atoms with Crippen LogP contribution in [0.3, 0.4) is 0 Å². The van der Waals surface area contributed by atoms with Gasteiger partial charge < -0.3 is 10.1 Å². The van der Waals surface area contributed by atoms with Gasteiger partial charge in [0.25, 0.3) is 0 Å². The number of allylic oxidation sites excluding steroid dienone is 3. The third-order valence-electron chi connectivity index (χ3n) is 20.1. The van der Waals surface area contributed by atoms with Gasteiger partial charge in [0.05, 0.1) is 70.3 Å². The van der Waals surface area contributed by atoms with Crippen LogP contribution in [-0.4, -0.2) is 71.5 Å². The Bertz CT molecular complexity index is 3610. The van der Waals surface area contributed by atoms with Gasteiger partial charge in [-0.2, -0.15) is 15.8 Å². The third kappa shape index (κ3) is 12.9. The zero-order valence-corrected chi connectivity index (χ0v) is 50.9. The number of sulfonamides is 1. The Balaban J connectivity index is 0.000000143. The van der Waals surface area contributed by atoms with E-state index >= 15 is 0 Å². The molecule has 1 amide bonds. The minimum atomic E-state index is -3.16. The maximum Gasteiger partial charge on any atom is 0.309 e. The van der Waals surface area contributed by atoms with Crippen LogP contribution in [0.2, 0.25) is 0 Å². The summed E-state index contributed by atoms with van der Waals surface area (Å²) in [4.78, 5) is 38.3. The number of nitrogens with one attached hydrogen (secondary N) is 1. The number of esters is 1. The average molecular weight is 1170 g/mol. The highest BCUT2D eigenvalue weighted by Crippen LogP contribution is 2.49. The zero-order valence-electron chi connectivity index (χ0n) is 50.1. The van der Waals surface area contributed by atoms with Crippen LogP contribution >= 0.6 is 0 Å². The maximum absolute atomic E-state index is 12.5. The summed E-state index contributed by atoms with van der Waals surface area (Å²) in [6.07, 6.45) is 21.1. The number of carbonyl (C=O) groups is 2. The number of carbonyl (C=O) groups excluding carboxylic acids is 2. The van der Waals surface area contributed by atoms with Crippen molar-refractivity contribution in [3.63, 3.8) is 0 Å². The first-order valence-corrected chi connectivity index (χ1v) is 31.9. The van der Waals surface area contributed by atoms with Crippen LogP contribution in [0.4, 0.5) is 0 Å². The molecule has 15 atom stereocenters. The number of hydrogen-bond donors (Lipinski definition) is 1. The molecule has 0 spiro atoms. The zero-order chi connectivity index (χ0) is 60.8. The van der Waals surface area contributed by atoms with E-state index in [1.54, 1.807) is 29.8 Å². The highest BCUT2D eigenvalue weighted by molar-refractivity contribution is 7.89. The fourth-order valence-electron chi connectivity index (χ4n) is 14.5. The number of nitrogens with zero attached hydrogens (tertiary/aromatic N) is 7. The van der Waals surface area contributed by atoms with Crippen LogP contribution in [0.15, 0.2) is 146 Å². The van der Waals surface area contributed by atoms with Gasteiger partial charge in [-0.3, -0.25) is 24.5 Å². The van der Waals surface area contributed by atoms with Gasteiger partial charge in [0.2, 0.25) is 15.9 Å². The van der Waals surface area contributed by atoms with Crippen molar-refractivity contribution < 1.29 is 22.7 Å². The molecule has 14 heteroatoms. The van der Waals surface area contributed by atoms with Gasteiger partial charge in [0, 0.05) is 83.4 Å². The normalized spacial score (nSPS) is 29.8. The second-order valence-electron chi connectivity index (χ2n) is 24.9. The van der Waals surface area contributed by atoms with Crippen LogP contribution in [0, 0.1) is 117 Å². The highest BCUT2D eigenvalue weighted by atomic mass is 32.2. The Morgan fingerprint density at radius 3 is 1.40 bits per heavy atom. The van der Waals surface area contributed by atoms with Gasteiger partial charge in [-0.15, -0.1) is 0 Å². The maximum atomic E-state index is 12.5. The van der Waals surface area contributed by atoms with E-state index < -0.39 is 10.0 Å². The summed E-state index contributed by atoms with van der Waals surface area (Å²) < 4.78 is 31.9. The van der Waals surface area contributed by atoms with Gasteiger partial charge in [-0.1, -0.05) is 133 Å². The van der Waals surface area contributed by atoms with Gasteiger partial charge in [-0.25, -0.2) is 12.7 Å². The molecule has 440 valence electrons. The SMILES string of the molecule is C[C@H]1[C@H](/C=C/c2ccc(-c3ccccc3C#N)cn2)[C@@H]2C(=O)NC[C@@H]2C[C@@H]1C.C[C@H]1[C@H](/C=C/c2ccc(-c3ccccc3C#N)cn2)[C@@H]2C(=O)OC[C@@H]2C[C@@H]1C.C[C@H]1[C@H](/C=C/c2ccc(-c3ccccc3C#N)cn2)[C@H]2CS(=O)(=O)N(C)[C@H]2C[C@@H]1C. The summed E-state index contributed by atoms with van der Waals surface area (Å²) in [6.45, 7) is 14.9. The van der Waals surface area contributed by atoms with Gasteiger partial charge >= 0.3 is 5.97 Å². The van der Waals surface area contributed by atoms with E-state index in [0.29, 0.717) is 70.6 Å². The quantitative estimate of drug-likeness (QED) is 0.135. The second-order valence-corrected chi connectivity index (χ2v) is 27.0. The molecule has 3 aromatic carbocycles. The standard InChI is InChI=1S/C24H27N3O2S.C24H25N3O.C24H24N2O2/c1-16-12-24-23(15-30(28,29)27(24)3)21(17(16)2)11-10-20-9-8-19(14-26-20)22-7-5-4-6-18(22)13-25;1-15-11-19-14-27-24(28)23(19)21(16(15)2)10-9-20-8-7-18(13-26-20)22-6-4-3-5-17(22)12-25;1-15-11-19-14-28-24(27)23(19)21(16(15)2)10-9-20-8-7-18(13-26-20)22-6-4-3-5-17(22)12-25/h4-11,14,16-17,21,23-24H,12,15H2,1-3H3;3-10,13,15-16,19,21,23H,11,14H2,1-2H3,(H,27,28);3-10,13,15-16,19,21,23H,11,14H2,1-2H3/b11-10+;2*10-9+/t16-,17+,21-,23+,24-;2*15-,16+,19-,21-,23+/m000/s1. The largest absolute Gasteiger partial charge is 0.465 e. The number of cyclic esters (lactones) is 1. The molecule has 6 heterocycles. The average Bonchev–Trinajstić information content (AvgIpc) is 1.89. The molecule has 13 nitrogen and oxygen atoms in total. The molecule has 3 aromatic heterocycles. The van der Waals surface area contributed by atoms with Gasteiger partial charge in [-0.05, 0) is 139 Å². The molecule has 3 aliphatic carbocycles. The summed E-state index contributed by atoms with van der Waals surface area (Å²) in [5, 5.41) is 30.9. The molecule has 1 N–H and O–H groups in total. The Labute approximate surface area is 507 Å².